The molecule has 3 aliphatic heterocycles. The molecule has 0 saturated carbocycles. The number of aliphatic hydroxyl groups excluding tert-OH is 5. The van der Waals surface area contributed by atoms with E-state index in [9.17, 15) is 30.3 Å². The Labute approximate surface area is 339 Å². The van der Waals surface area contributed by atoms with Crippen molar-refractivity contribution in [3.8, 4) is 0 Å². The average Bonchev–Trinajstić information content (AvgIpc) is 3.16. The molecule has 0 aliphatic carbocycles. The SMILES string of the molecule is CCCCC[C@H]1[C@@H]2C[C@@]3(CC[C@H](C)[C@H](C[C@@H](C)O)O3)O[C@H]1CC[C@@H](CC)/C=C/C=C/CC[C@@H](O)[C@@H](C)[C@@H](O)C[C@@H](OC)C[C@@H](O)[C@H](C)[C@H](O)[C@@H](C)/C=C/C(=O)O2. The van der Waals surface area contributed by atoms with Gasteiger partial charge in [0.1, 0.15) is 6.10 Å². The van der Waals surface area contributed by atoms with E-state index in [4.69, 9.17) is 18.9 Å². The number of esters is 1. The fourth-order valence-corrected chi connectivity index (χ4v) is 8.94. The lowest BCUT2D eigenvalue weighted by molar-refractivity contribution is -0.349. The molecule has 0 radical (unpaired) electrons. The van der Waals surface area contributed by atoms with Crippen molar-refractivity contribution in [2.75, 3.05) is 7.11 Å². The predicted octanol–water partition coefficient (Wildman–Crippen LogP) is 7.58. The average molecular weight is 793 g/mol. The highest BCUT2D eigenvalue weighted by molar-refractivity contribution is 5.82. The molecule has 0 aromatic carbocycles. The first-order valence-corrected chi connectivity index (χ1v) is 22.1. The molecule has 2 saturated heterocycles. The van der Waals surface area contributed by atoms with Crippen LogP contribution in [0.25, 0.3) is 0 Å². The van der Waals surface area contributed by atoms with Crippen LogP contribution >= 0.6 is 0 Å². The first kappa shape index (κ1) is 48.7. The predicted molar refractivity (Wildman–Crippen MR) is 221 cm³/mol. The molecule has 0 amide bonds. The molecule has 3 rings (SSSR count). The summed E-state index contributed by atoms with van der Waals surface area (Å²) in [4.78, 5) is 13.7. The van der Waals surface area contributed by atoms with Crippen LogP contribution in [0.5, 0.6) is 0 Å². The smallest absolute Gasteiger partial charge is 0.330 e. The summed E-state index contributed by atoms with van der Waals surface area (Å²) in [7, 11) is 1.54. The van der Waals surface area contributed by atoms with Crippen LogP contribution in [0, 0.1) is 35.5 Å². The van der Waals surface area contributed by atoms with E-state index in [-0.39, 0.29) is 42.8 Å². The van der Waals surface area contributed by atoms with Crippen molar-refractivity contribution < 1.29 is 49.3 Å². The van der Waals surface area contributed by atoms with Crippen LogP contribution in [-0.2, 0) is 23.7 Å². The van der Waals surface area contributed by atoms with Gasteiger partial charge in [0.15, 0.2) is 5.79 Å². The Balaban J connectivity index is 1.96. The summed E-state index contributed by atoms with van der Waals surface area (Å²) in [5.74, 6) is -2.21. The van der Waals surface area contributed by atoms with Gasteiger partial charge < -0.3 is 44.5 Å². The van der Waals surface area contributed by atoms with Crippen molar-refractivity contribution in [3.63, 3.8) is 0 Å². The highest BCUT2D eigenvalue weighted by Gasteiger charge is 2.52. The van der Waals surface area contributed by atoms with E-state index in [1.165, 1.54) is 13.2 Å². The zero-order valence-corrected chi connectivity index (χ0v) is 36.0. The molecule has 2 fully saturated rings. The van der Waals surface area contributed by atoms with Gasteiger partial charge in [-0.1, -0.05) is 91.2 Å². The summed E-state index contributed by atoms with van der Waals surface area (Å²) in [6.07, 6.45) is 17.1. The Kier molecular flexibility index (Phi) is 21.3. The largest absolute Gasteiger partial charge is 0.459 e. The number of unbranched alkanes of at least 4 members (excludes halogenated alkanes) is 2. The maximum absolute atomic E-state index is 13.7. The third-order valence-electron chi connectivity index (χ3n) is 13.2. The minimum absolute atomic E-state index is 0.0121. The molecule has 5 N–H and O–H groups in total. The minimum atomic E-state index is -0.953. The van der Waals surface area contributed by atoms with Gasteiger partial charge in [-0.05, 0) is 83.0 Å². The van der Waals surface area contributed by atoms with Crippen molar-refractivity contribution in [1.82, 2.24) is 0 Å². The van der Waals surface area contributed by atoms with E-state index in [2.05, 4.69) is 32.9 Å². The third kappa shape index (κ3) is 15.2. The minimum Gasteiger partial charge on any atom is -0.459 e. The van der Waals surface area contributed by atoms with Crippen molar-refractivity contribution >= 4 is 5.97 Å². The number of carbonyl (C=O) groups is 1. The maximum Gasteiger partial charge on any atom is 0.330 e. The lowest BCUT2D eigenvalue weighted by Gasteiger charge is -2.52. The molecule has 3 aliphatic rings. The van der Waals surface area contributed by atoms with Gasteiger partial charge in [0.2, 0.25) is 0 Å². The Bertz CT molecular complexity index is 1200. The third-order valence-corrected chi connectivity index (χ3v) is 13.2. The molecule has 3 heterocycles. The van der Waals surface area contributed by atoms with Gasteiger partial charge in [-0.2, -0.15) is 0 Å². The van der Waals surface area contributed by atoms with E-state index < -0.39 is 66.3 Å². The normalized spacial score (nSPS) is 42.7. The molecule has 10 heteroatoms. The van der Waals surface area contributed by atoms with Gasteiger partial charge in [-0.3, -0.25) is 0 Å². The monoisotopic (exact) mass is 793 g/mol. The molecule has 0 aromatic heterocycles. The maximum atomic E-state index is 13.7. The van der Waals surface area contributed by atoms with Gasteiger partial charge >= 0.3 is 5.97 Å². The Morgan fingerprint density at radius 1 is 0.875 bits per heavy atom. The molecule has 0 unspecified atom stereocenters. The molecular weight excluding hydrogens is 712 g/mol. The van der Waals surface area contributed by atoms with E-state index in [0.717, 1.165) is 51.4 Å². The number of hydrogen-bond acceptors (Lipinski definition) is 10. The van der Waals surface area contributed by atoms with Crippen molar-refractivity contribution in [2.45, 2.75) is 206 Å². The fourth-order valence-electron chi connectivity index (χ4n) is 8.94. The summed E-state index contributed by atoms with van der Waals surface area (Å²) >= 11 is 0. The summed E-state index contributed by atoms with van der Waals surface area (Å²) in [5.41, 5.74) is 0. The first-order chi connectivity index (χ1) is 26.6. The zero-order valence-electron chi connectivity index (χ0n) is 36.0. The van der Waals surface area contributed by atoms with Crippen LogP contribution in [0.15, 0.2) is 36.5 Å². The number of methoxy groups -OCH3 is 1. The molecule has 0 aromatic rings. The van der Waals surface area contributed by atoms with Crippen LogP contribution in [0.4, 0.5) is 0 Å². The molecule has 56 heavy (non-hydrogen) atoms. The summed E-state index contributed by atoms with van der Waals surface area (Å²) in [5, 5.41) is 54.6. The Morgan fingerprint density at radius 3 is 2.25 bits per heavy atom. The summed E-state index contributed by atoms with van der Waals surface area (Å²) < 4.78 is 25.9. The Hall–Kier alpha value is -1.63. The van der Waals surface area contributed by atoms with Gasteiger partial charge in [-0.25, -0.2) is 4.79 Å². The topological polar surface area (TPSA) is 155 Å². The van der Waals surface area contributed by atoms with Crippen molar-refractivity contribution in [3.05, 3.63) is 36.5 Å². The number of hydrogen-bond donors (Lipinski definition) is 5. The number of rotatable bonds is 8. The molecule has 2 bridgehead atoms. The highest BCUT2D eigenvalue weighted by Crippen LogP contribution is 2.47. The van der Waals surface area contributed by atoms with Gasteiger partial charge in [0, 0.05) is 49.7 Å². The fraction of sp³-hybridized carbons (Fsp3) is 0.848. The molecule has 10 nitrogen and oxygen atoms in total. The van der Waals surface area contributed by atoms with Crippen molar-refractivity contribution in [1.29, 1.82) is 0 Å². The number of aliphatic hydroxyl groups is 5. The quantitative estimate of drug-likeness (QED) is 0.123. The number of allylic oxidation sites excluding steroid dienone is 4. The Morgan fingerprint density at radius 2 is 1.59 bits per heavy atom. The van der Waals surface area contributed by atoms with E-state index in [0.29, 0.717) is 38.0 Å². The number of carbonyl (C=O) groups excluding carboxylic acids is 1. The number of ether oxygens (including phenoxy) is 4. The van der Waals surface area contributed by atoms with E-state index in [1.807, 2.05) is 26.0 Å². The molecule has 16 atom stereocenters. The van der Waals surface area contributed by atoms with E-state index in [1.54, 1.807) is 19.9 Å². The number of fused-ring (bicyclic) bond motifs is 2. The second-order valence-corrected chi connectivity index (χ2v) is 17.8. The summed E-state index contributed by atoms with van der Waals surface area (Å²) in [6.45, 7) is 13.7. The summed E-state index contributed by atoms with van der Waals surface area (Å²) in [6, 6.07) is 0. The lowest BCUT2D eigenvalue weighted by atomic mass is 9.77. The van der Waals surface area contributed by atoms with Crippen LogP contribution in [-0.4, -0.2) is 99.3 Å². The highest BCUT2D eigenvalue weighted by atomic mass is 16.7. The van der Waals surface area contributed by atoms with Gasteiger partial charge in [0.05, 0.1) is 48.8 Å². The second-order valence-electron chi connectivity index (χ2n) is 17.8. The molecule has 324 valence electrons. The van der Waals surface area contributed by atoms with Crippen LogP contribution in [0.3, 0.4) is 0 Å². The van der Waals surface area contributed by atoms with Crippen LogP contribution < -0.4 is 0 Å². The molecule has 1 spiro atoms. The van der Waals surface area contributed by atoms with Crippen LogP contribution in [0.1, 0.15) is 145 Å². The van der Waals surface area contributed by atoms with Crippen LogP contribution in [0.2, 0.25) is 0 Å². The zero-order chi connectivity index (χ0) is 41.4. The molecular formula is C46H80O10. The van der Waals surface area contributed by atoms with E-state index >= 15 is 0 Å². The lowest BCUT2D eigenvalue weighted by Crippen LogP contribution is -2.58. The first-order valence-electron chi connectivity index (χ1n) is 22.1. The van der Waals surface area contributed by atoms with Gasteiger partial charge in [0.25, 0.3) is 0 Å². The second kappa shape index (κ2) is 24.5. The standard InChI is InChI=1S/C46H80O10/c1-9-11-14-18-37-41-22-21-35(10-2)17-15-12-13-16-19-38(48)33(6)39(49)27-36(53-8)28-40(50)34(7)45(52)31(4)20-23-44(51)54-43(37)29-46(55-41)25-24-30(3)42(56-46)26-32(5)47/h12-13,15,17,20,23,30-43,45,47-50,52H,9-11,14,16,18-19,21-22,24-29H2,1-8H3/b13-12+,17-15+,23-20+/t30-,31-,32+,33+,34-,35-,36+,37+,38+,39-,40+,41-,42-,43-,45+,46-/m0/s1. The van der Waals surface area contributed by atoms with Crippen molar-refractivity contribution in [2.24, 2.45) is 35.5 Å². The van der Waals surface area contributed by atoms with Gasteiger partial charge in [-0.15, -0.1) is 0 Å².